The third-order valence-corrected chi connectivity index (χ3v) is 3.99. The van der Waals surface area contributed by atoms with Crippen LogP contribution in [0.2, 0.25) is 0 Å². The van der Waals surface area contributed by atoms with E-state index in [1.807, 2.05) is 6.20 Å². The largest absolute Gasteiger partial charge is 0.394 e. The molecule has 1 aromatic heterocycles. The van der Waals surface area contributed by atoms with Crippen molar-refractivity contribution >= 4 is 0 Å². The Bertz CT molecular complexity index is 383. The first-order valence-electron chi connectivity index (χ1n) is 6.62. The molecule has 94 valence electrons. The smallest absolute Gasteiger partial charge is 0.109 e. The molecule has 3 rings (SSSR count). The van der Waals surface area contributed by atoms with Gasteiger partial charge in [0.15, 0.2) is 0 Å². The number of rotatable bonds is 3. The van der Waals surface area contributed by atoms with Gasteiger partial charge < -0.3 is 14.4 Å². The van der Waals surface area contributed by atoms with Crippen LogP contribution in [0.3, 0.4) is 0 Å². The molecular formula is C13H20N2O2. The van der Waals surface area contributed by atoms with E-state index < -0.39 is 0 Å². The molecule has 2 unspecified atom stereocenters. The van der Waals surface area contributed by atoms with Crippen molar-refractivity contribution in [2.45, 2.75) is 38.1 Å². The SMILES string of the molecule is OCC1CCCc2cnc(CC3CCOC3)n21. The maximum absolute atomic E-state index is 9.47. The highest BCUT2D eigenvalue weighted by Crippen LogP contribution is 2.28. The first-order valence-corrected chi connectivity index (χ1v) is 6.62. The second kappa shape index (κ2) is 4.78. The van der Waals surface area contributed by atoms with Gasteiger partial charge >= 0.3 is 0 Å². The second-order valence-corrected chi connectivity index (χ2v) is 5.20. The van der Waals surface area contributed by atoms with Crippen molar-refractivity contribution in [1.82, 2.24) is 9.55 Å². The van der Waals surface area contributed by atoms with Crippen molar-refractivity contribution in [2.75, 3.05) is 19.8 Å². The minimum absolute atomic E-state index is 0.234. The average Bonchev–Trinajstić information content (AvgIpc) is 2.99. The topological polar surface area (TPSA) is 47.3 Å². The molecule has 2 atom stereocenters. The number of hydrogen-bond donors (Lipinski definition) is 1. The maximum Gasteiger partial charge on any atom is 0.109 e. The molecule has 1 saturated heterocycles. The van der Waals surface area contributed by atoms with Crippen molar-refractivity contribution in [3.63, 3.8) is 0 Å². The van der Waals surface area contributed by atoms with E-state index in [-0.39, 0.29) is 12.6 Å². The van der Waals surface area contributed by atoms with Crippen LogP contribution in [0.4, 0.5) is 0 Å². The van der Waals surface area contributed by atoms with E-state index in [4.69, 9.17) is 4.74 Å². The predicted molar refractivity (Wildman–Crippen MR) is 63.9 cm³/mol. The first kappa shape index (κ1) is 11.2. The Morgan fingerprint density at radius 1 is 1.47 bits per heavy atom. The van der Waals surface area contributed by atoms with Gasteiger partial charge in [-0.3, -0.25) is 0 Å². The van der Waals surface area contributed by atoms with Crippen LogP contribution in [0, 0.1) is 5.92 Å². The molecule has 4 heteroatoms. The Labute approximate surface area is 102 Å². The van der Waals surface area contributed by atoms with Crippen LogP contribution in [0.5, 0.6) is 0 Å². The number of fused-ring (bicyclic) bond motifs is 1. The van der Waals surface area contributed by atoms with Crippen molar-refractivity contribution in [3.05, 3.63) is 17.7 Å². The maximum atomic E-state index is 9.47. The zero-order valence-electron chi connectivity index (χ0n) is 10.1. The first-order chi connectivity index (χ1) is 8.38. The van der Waals surface area contributed by atoms with Gasteiger partial charge in [-0.05, 0) is 31.6 Å². The Morgan fingerprint density at radius 2 is 2.41 bits per heavy atom. The highest BCUT2D eigenvalue weighted by atomic mass is 16.5. The summed E-state index contributed by atoms with van der Waals surface area (Å²) in [6, 6.07) is 0.249. The summed E-state index contributed by atoms with van der Waals surface area (Å²) in [7, 11) is 0. The molecule has 4 nitrogen and oxygen atoms in total. The van der Waals surface area contributed by atoms with Gasteiger partial charge in [0.05, 0.1) is 12.6 Å². The number of ether oxygens (including phenoxy) is 1. The van der Waals surface area contributed by atoms with E-state index in [9.17, 15) is 5.11 Å². The Balaban J connectivity index is 1.82. The van der Waals surface area contributed by atoms with Gasteiger partial charge in [0, 0.05) is 31.5 Å². The van der Waals surface area contributed by atoms with Crippen LogP contribution in [0.1, 0.15) is 36.8 Å². The van der Waals surface area contributed by atoms with Crippen LogP contribution in [0.25, 0.3) is 0 Å². The summed E-state index contributed by atoms with van der Waals surface area (Å²) in [6.45, 7) is 1.99. The summed E-state index contributed by atoms with van der Waals surface area (Å²) in [4.78, 5) is 4.56. The van der Waals surface area contributed by atoms with Crippen LogP contribution in [-0.4, -0.2) is 34.5 Å². The van der Waals surface area contributed by atoms with Gasteiger partial charge in [-0.2, -0.15) is 0 Å². The van der Waals surface area contributed by atoms with Crippen molar-refractivity contribution < 1.29 is 9.84 Å². The van der Waals surface area contributed by atoms with Gasteiger partial charge in [-0.15, -0.1) is 0 Å². The standard InChI is InChI=1S/C13H20N2O2/c16-8-12-3-1-2-11-7-14-13(15(11)12)6-10-4-5-17-9-10/h7,10,12,16H,1-6,8-9H2. The molecule has 1 N–H and O–H groups in total. The van der Waals surface area contributed by atoms with Crippen molar-refractivity contribution in [1.29, 1.82) is 0 Å². The molecule has 3 heterocycles. The number of hydrogen-bond acceptors (Lipinski definition) is 3. The Hall–Kier alpha value is -0.870. The fourth-order valence-corrected chi connectivity index (χ4v) is 3.04. The number of aryl methyl sites for hydroxylation is 1. The van der Waals surface area contributed by atoms with E-state index in [2.05, 4.69) is 9.55 Å². The van der Waals surface area contributed by atoms with Crippen LogP contribution in [0.15, 0.2) is 6.20 Å². The molecule has 0 aromatic carbocycles. The normalized spacial score (nSPS) is 28.3. The zero-order valence-corrected chi connectivity index (χ0v) is 10.1. The lowest BCUT2D eigenvalue weighted by Crippen LogP contribution is -2.23. The second-order valence-electron chi connectivity index (χ2n) is 5.20. The number of nitrogens with zero attached hydrogens (tertiary/aromatic N) is 2. The monoisotopic (exact) mass is 236 g/mol. The van der Waals surface area contributed by atoms with Gasteiger partial charge in [-0.1, -0.05) is 0 Å². The minimum atomic E-state index is 0.234. The van der Waals surface area contributed by atoms with Crippen LogP contribution >= 0.6 is 0 Å². The molecule has 17 heavy (non-hydrogen) atoms. The van der Waals surface area contributed by atoms with E-state index in [0.717, 1.165) is 44.7 Å². The highest BCUT2D eigenvalue weighted by molar-refractivity contribution is 5.11. The number of imidazole rings is 1. The molecule has 0 saturated carbocycles. The molecule has 0 radical (unpaired) electrons. The quantitative estimate of drug-likeness (QED) is 0.861. The third kappa shape index (κ3) is 2.11. The Kier molecular flexibility index (Phi) is 3.16. The summed E-state index contributed by atoms with van der Waals surface area (Å²) in [5.74, 6) is 1.76. The molecule has 0 amide bonds. The van der Waals surface area contributed by atoms with E-state index in [0.29, 0.717) is 5.92 Å². The molecule has 0 spiro atoms. The van der Waals surface area contributed by atoms with Gasteiger partial charge in [0.1, 0.15) is 5.82 Å². The van der Waals surface area contributed by atoms with Crippen molar-refractivity contribution in [2.24, 2.45) is 5.92 Å². The lowest BCUT2D eigenvalue weighted by atomic mass is 10.0. The van der Waals surface area contributed by atoms with Gasteiger partial charge in [0.25, 0.3) is 0 Å². The van der Waals surface area contributed by atoms with Crippen LogP contribution < -0.4 is 0 Å². The van der Waals surface area contributed by atoms with E-state index >= 15 is 0 Å². The summed E-state index contributed by atoms with van der Waals surface area (Å²) < 4.78 is 7.70. The predicted octanol–water partition coefficient (Wildman–Crippen LogP) is 1.33. The Morgan fingerprint density at radius 3 is 3.18 bits per heavy atom. The van der Waals surface area contributed by atoms with Crippen LogP contribution in [-0.2, 0) is 17.6 Å². The van der Waals surface area contributed by atoms with Gasteiger partial charge in [0.2, 0.25) is 0 Å². The summed E-state index contributed by atoms with van der Waals surface area (Å²) >= 11 is 0. The number of aliphatic hydroxyl groups is 1. The number of aromatic nitrogens is 2. The fourth-order valence-electron chi connectivity index (χ4n) is 3.04. The molecule has 2 aliphatic heterocycles. The molecule has 2 aliphatic rings. The zero-order chi connectivity index (χ0) is 11.7. The van der Waals surface area contributed by atoms with E-state index in [1.54, 1.807) is 0 Å². The van der Waals surface area contributed by atoms with Gasteiger partial charge in [-0.25, -0.2) is 4.98 Å². The lowest BCUT2D eigenvalue weighted by Gasteiger charge is -2.26. The van der Waals surface area contributed by atoms with Crippen molar-refractivity contribution in [3.8, 4) is 0 Å². The molecule has 1 aromatic rings. The molecule has 0 aliphatic carbocycles. The molecule has 1 fully saturated rings. The molecule has 0 bridgehead atoms. The molecular weight excluding hydrogens is 216 g/mol. The summed E-state index contributed by atoms with van der Waals surface area (Å²) in [6.07, 6.45) is 7.48. The minimum Gasteiger partial charge on any atom is -0.394 e. The summed E-state index contributed by atoms with van der Waals surface area (Å²) in [5, 5.41) is 9.47. The summed E-state index contributed by atoms with van der Waals surface area (Å²) in [5.41, 5.74) is 1.30. The number of aliphatic hydroxyl groups excluding tert-OH is 1. The lowest BCUT2D eigenvalue weighted by molar-refractivity contribution is 0.183. The fraction of sp³-hybridized carbons (Fsp3) is 0.769. The van der Waals surface area contributed by atoms with E-state index in [1.165, 1.54) is 12.1 Å². The third-order valence-electron chi connectivity index (χ3n) is 3.99. The average molecular weight is 236 g/mol. The highest BCUT2D eigenvalue weighted by Gasteiger charge is 2.25.